The molecule has 3 rings (SSSR count). The Bertz CT molecular complexity index is 1430. The highest BCUT2D eigenvalue weighted by molar-refractivity contribution is 6.39. The number of allylic oxidation sites excluding steroid dienone is 2. The van der Waals surface area contributed by atoms with Crippen LogP contribution in [-0.2, 0) is 42.9 Å². The first-order chi connectivity index (χ1) is 28.3. The lowest BCUT2D eigenvalue weighted by Crippen LogP contribution is -2.64. The van der Waals surface area contributed by atoms with Gasteiger partial charge in [-0.2, -0.15) is 0 Å². The minimum absolute atomic E-state index is 0.0535. The van der Waals surface area contributed by atoms with Gasteiger partial charge in [-0.25, -0.2) is 0 Å². The summed E-state index contributed by atoms with van der Waals surface area (Å²) in [4.78, 5) is 56.7. The van der Waals surface area contributed by atoms with Gasteiger partial charge in [-0.3, -0.25) is 19.2 Å². The number of rotatable bonds is 24. The van der Waals surface area contributed by atoms with Crippen molar-refractivity contribution in [3.8, 4) is 0 Å². The van der Waals surface area contributed by atoms with Crippen molar-refractivity contribution in [2.24, 2.45) is 35.5 Å². The number of hydrogen-bond acceptors (Lipinski definition) is 12. The Morgan fingerprint density at radius 1 is 0.967 bits per heavy atom. The van der Waals surface area contributed by atoms with E-state index in [1.54, 1.807) is 48.2 Å². The van der Waals surface area contributed by atoms with Gasteiger partial charge < -0.3 is 43.9 Å². The zero-order valence-electron chi connectivity index (χ0n) is 38.3. The largest absolute Gasteiger partial charge is 0.392 e. The van der Waals surface area contributed by atoms with Crippen molar-refractivity contribution >= 4 is 23.3 Å². The first-order valence-corrected chi connectivity index (χ1v) is 22.5. The molecule has 2 aliphatic heterocycles. The van der Waals surface area contributed by atoms with Crippen LogP contribution in [0.5, 0.6) is 0 Å². The average molecular weight is 850 g/mol. The molecule has 2 heterocycles. The first kappa shape index (κ1) is 52.0. The van der Waals surface area contributed by atoms with Gasteiger partial charge in [0.2, 0.25) is 5.79 Å². The van der Waals surface area contributed by atoms with E-state index in [9.17, 15) is 34.5 Å². The number of ether oxygens (including phenoxy) is 5. The second-order valence-corrected chi connectivity index (χ2v) is 18.7. The van der Waals surface area contributed by atoms with E-state index in [2.05, 4.69) is 27.4 Å². The molecule has 14 unspecified atom stereocenters. The zero-order valence-corrected chi connectivity index (χ0v) is 38.3. The second kappa shape index (κ2) is 24.5. The number of piperidine rings is 1. The van der Waals surface area contributed by atoms with E-state index in [1.807, 2.05) is 13.0 Å². The molecule has 0 spiro atoms. The molecule has 3 aliphatic rings. The van der Waals surface area contributed by atoms with Gasteiger partial charge >= 0.3 is 0 Å². The summed E-state index contributed by atoms with van der Waals surface area (Å²) >= 11 is 0. The normalized spacial score (nSPS) is 30.9. The fourth-order valence-corrected chi connectivity index (χ4v) is 9.60. The highest BCUT2D eigenvalue weighted by atomic mass is 16.7. The van der Waals surface area contributed by atoms with Crippen LogP contribution in [0.2, 0.25) is 0 Å². The number of ketones is 3. The molecule has 0 aromatic carbocycles. The Morgan fingerprint density at radius 3 is 2.27 bits per heavy atom. The van der Waals surface area contributed by atoms with Crippen LogP contribution < -0.4 is 0 Å². The number of carbonyl (C=O) groups is 4. The smallest absolute Gasteiger partial charge is 0.296 e. The zero-order chi connectivity index (χ0) is 44.9. The summed E-state index contributed by atoms with van der Waals surface area (Å²) in [6, 6.07) is -0.983. The fraction of sp³-hybridized carbons (Fsp3) is 0.830. The molecule has 60 heavy (non-hydrogen) atoms. The molecule has 1 aliphatic carbocycles. The molecule has 2 saturated heterocycles. The molecule has 1 amide bonds. The monoisotopic (exact) mass is 850 g/mol. The standard InChI is InChI=1S/C47H79NO12/c1-12-15-30(5)37(50)26-38(51)33(8)43(31(6)23-34-18-19-36(49)41(25-34)57-10)59-27-39(52)35-16-13-14-21-48(35)46(54)45(53)47(55)32(7)24-42(58-11)44(60-47)40(56-9)20-17-29(4)22-28(2)3/h12,23,28-30,32-36,38,40-44,49,51,55H,1,13-22,24-27H2,2-11H3/b31-23+. The van der Waals surface area contributed by atoms with Crippen LogP contribution in [0.4, 0.5) is 0 Å². The molecule has 0 aromatic heterocycles. The van der Waals surface area contributed by atoms with E-state index >= 15 is 0 Å². The van der Waals surface area contributed by atoms with Crippen molar-refractivity contribution in [2.45, 2.75) is 180 Å². The maximum absolute atomic E-state index is 14.2. The topological polar surface area (TPSA) is 178 Å². The molecular formula is C47H79NO12. The summed E-state index contributed by atoms with van der Waals surface area (Å²) < 4.78 is 29.8. The molecule has 0 radical (unpaired) electrons. The van der Waals surface area contributed by atoms with E-state index in [1.165, 1.54) is 4.90 Å². The van der Waals surface area contributed by atoms with Crippen molar-refractivity contribution in [1.82, 2.24) is 4.90 Å². The first-order valence-electron chi connectivity index (χ1n) is 22.5. The SMILES string of the molecule is C=CCC(C)C(=O)CC(O)C(C)C(OCC(=O)C1CCCCN1C(=O)C(=O)C1(O)OC(C(CCC(C)CC(C)C)OC)C(OC)CC1C)/C(C)=C/C1CCC(O)C(OC)C1. The van der Waals surface area contributed by atoms with Crippen LogP contribution in [0.25, 0.3) is 0 Å². The lowest BCUT2D eigenvalue weighted by atomic mass is 9.82. The van der Waals surface area contributed by atoms with Gasteiger partial charge in [0, 0.05) is 52.0 Å². The van der Waals surface area contributed by atoms with Gasteiger partial charge in [0.25, 0.3) is 11.7 Å². The fourth-order valence-electron chi connectivity index (χ4n) is 9.60. The Balaban J connectivity index is 1.83. The van der Waals surface area contributed by atoms with E-state index in [-0.39, 0.29) is 43.1 Å². The predicted molar refractivity (Wildman–Crippen MR) is 229 cm³/mol. The average Bonchev–Trinajstić information content (AvgIpc) is 3.21. The summed E-state index contributed by atoms with van der Waals surface area (Å²) in [7, 11) is 4.69. The summed E-state index contributed by atoms with van der Waals surface area (Å²) in [6.45, 7) is 17.1. The Hall–Kier alpha value is -2.36. The van der Waals surface area contributed by atoms with Crippen molar-refractivity contribution in [2.75, 3.05) is 34.5 Å². The number of Topliss-reactive ketones (excluding diaryl/α,β-unsaturated/α-hetero) is 3. The van der Waals surface area contributed by atoms with Gasteiger partial charge in [-0.15, -0.1) is 6.58 Å². The molecule has 3 N–H and O–H groups in total. The van der Waals surface area contributed by atoms with Crippen LogP contribution >= 0.6 is 0 Å². The predicted octanol–water partition coefficient (Wildman–Crippen LogP) is 5.79. The quantitative estimate of drug-likeness (QED) is 0.0789. The molecule has 14 atom stereocenters. The highest BCUT2D eigenvalue weighted by Crippen LogP contribution is 2.39. The van der Waals surface area contributed by atoms with Crippen LogP contribution in [0.1, 0.15) is 126 Å². The summed E-state index contributed by atoms with van der Waals surface area (Å²) in [5.41, 5.74) is 0.766. The van der Waals surface area contributed by atoms with Gasteiger partial charge in [0.05, 0.1) is 42.7 Å². The summed E-state index contributed by atoms with van der Waals surface area (Å²) in [6.07, 6.45) is 5.72. The van der Waals surface area contributed by atoms with Gasteiger partial charge in [-0.05, 0) is 101 Å². The lowest BCUT2D eigenvalue weighted by Gasteiger charge is -2.46. The van der Waals surface area contributed by atoms with Crippen molar-refractivity contribution < 1.29 is 58.2 Å². The molecule has 0 aromatic rings. The van der Waals surface area contributed by atoms with Gasteiger partial charge in [0.15, 0.2) is 5.78 Å². The van der Waals surface area contributed by atoms with Crippen LogP contribution in [0, 0.1) is 35.5 Å². The van der Waals surface area contributed by atoms with E-state index < -0.39 is 84.4 Å². The molecule has 0 bridgehead atoms. The molecule has 344 valence electrons. The van der Waals surface area contributed by atoms with Crippen LogP contribution in [0.15, 0.2) is 24.3 Å². The molecule has 1 saturated carbocycles. The number of hydrogen-bond donors (Lipinski definition) is 3. The summed E-state index contributed by atoms with van der Waals surface area (Å²) in [5, 5.41) is 33.7. The van der Waals surface area contributed by atoms with E-state index in [0.29, 0.717) is 56.8 Å². The molecule has 13 nitrogen and oxygen atoms in total. The van der Waals surface area contributed by atoms with E-state index in [0.717, 1.165) is 24.8 Å². The minimum Gasteiger partial charge on any atom is -0.392 e. The molecular weight excluding hydrogens is 771 g/mol. The molecule has 3 fully saturated rings. The number of amides is 1. The van der Waals surface area contributed by atoms with Crippen molar-refractivity contribution in [3.05, 3.63) is 24.3 Å². The summed E-state index contributed by atoms with van der Waals surface area (Å²) in [5.74, 6) is -5.79. The number of likely N-dealkylation sites (tertiary alicyclic amines) is 1. The Morgan fingerprint density at radius 2 is 1.65 bits per heavy atom. The van der Waals surface area contributed by atoms with Crippen molar-refractivity contribution in [3.63, 3.8) is 0 Å². The maximum Gasteiger partial charge on any atom is 0.296 e. The number of nitrogens with zero attached hydrogens (tertiary/aromatic N) is 1. The van der Waals surface area contributed by atoms with E-state index in [4.69, 9.17) is 23.7 Å². The lowest BCUT2D eigenvalue weighted by molar-refractivity contribution is -0.302. The third-order valence-corrected chi connectivity index (χ3v) is 13.4. The van der Waals surface area contributed by atoms with Crippen molar-refractivity contribution in [1.29, 1.82) is 0 Å². The number of aliphatic hydroxyl groups excluding tert-OH is 2. The van der Waals surface area contributed by atoms with Gasteiger partial charge in [0.1, 0.15) is 18.5 Å². The highest BCUT2D eigenvalue weighted by Gasteiger charge is 2.56. The number of carbonyl (C=O) groups excluding carboxylic acids is 4. The third-order valence-electron chi connectivity index (χ3n) is 13.4. The third kappa shape index (κ3) is 13.8. The minimum atomic E-state index is -2.46. The van der Waals surface area contributed by atoms with Crippen LogP contribution in [-0.4, -0.2) is 133 Å². The second-order valence-electron chi connectivity index (χ2n) is 18.7. The number of aliphatic hydroxyl groups is 3. The number of methoxy groups -OCH3 is 3. The Labute approximate surface area is 359 Å². The van der Waals surface area contributed by atoms with Crippen LogP contribution in [0.3, 0.4) is 0 Å². The van der Waals surface area contributed by atoms with Gasteiger partial charge in [-0.1, -0.05) is 53.7 Å². The Kier molecular flexibility index (Phi) is 21.2. The molecule has 13 heteroatoms. The maximum atomic E-state index is 14.2.